The first-order chi connectivity index (χ1) is 1.41. The van der Waals surface area contributed by atoms with E-state index < -0.39 is 0 Å². The Balaban J connectivity index is -0.000000000952. The van der Waals surface area contributed by atoms with Gasteiger partial charge in [-0.15, -0.1) is 4.66 Å². The Kier molecular flexibility index (Phi) is 3350. The van der Waals surface area contributed by atoms with Crippen LogP contribution >= 0.6 is 0 Å². The summed E-state index contributed by atoms with van der Waals surface area (Å²) in [6.07, 6.45) is 0. The molecule has 0 amide bonds. The zero-order valence-electron chi connectivity index (χ0n) is 4.23. The molecule has 10 heteroatoms. The van der Waals surface area contributed by atoms with Gasteiger partial charge in [0.25, 0.3) is 0 Å². The predicted molar refractivity (Wildman–Crippen MR) is 32.4 cm³/mol. The molecule has 0 unspecified atom stereocenters. The standard InChI is InChI=1S/ClHO2.Mg.6H2O.2H/c2-1-3;;;;;;;;;/h2H;;6*1H2;;. The predicted octanol–water partition coefficient (Wildman–Crippen LogP) is -7.61. The molecule has 0 aliphatic heterocycles. The van der Waals surface area contributed by atoms with Crippen LogP contribution < -0.4 is 4.66 Å². The number of halogens is 1. The number of hydrogen-bond donors (Lipinski definition) is 1. The summed E-state index contributed by atoms with van der Waals surface area (Å²) < 4.78 is 15.2. The van der Waals surface area contributed by atoms with Crippen LogP contribution in [0.4, 0.5) is 0 Å². The Morgan fingerprint density at radius 1 is 0.800 bits per heavy atom. The van der Waals surface area contributed by atoms with Gasteiger partial charge in [0, 0.05) is 0 Å². The van der Waals surface area contributed by atoms with Gasteiger partial charge in [-0.3, -0.25) is 0 Å². The number of hydrogen-bond acceptors (Lipinski definition) is 2. The quantitative estimate of drug-likeness (QED) is 0.377. The van der Waals surface area contributed by atoms with Gasteiger partial charge in [0.1, 0.15) is 0 Å². The van der Waals surface area contributed by atoms with Gasteiger partial charge in [-0.1, -0.05) is 0 Å². The fraction of sp³-hybridized carbons (Fsp3) is 0. The van der Waals surface area contributed by atoms with Crippen LogP contribution in [-0.2, 0) is 0 Å². The van der Waals surface area contributed by atoms with Crippen LogP contribution in [0.2, 0.25) is 0 Å². The molecular formula is H15ClMgO8. The molecule has 0 fully saturated rings. The maximum Gasteiger partial charge on any atom is 0.327 e. The highest BCUT2D eigenvalue weighted by molar-refractivity contribution is 5.75. The normalized spacial score (nSPS) is 1.80. The Bertz CT molecular complexity index is 9.22. The fourth-order valence-corrected chi connectivity index (χ4v) is 0. The highest BCUT2D eigenvalue weighted by Gasteiger charge is 1.47. The molecule has 0 aromatic carbocycles. The minimum absolute atomic E-state index is 0. The molecular weight excluding hydrogens is 188 g/mol. The van der Waals surface area contributed by atoms with Gasteiger partial charge in [0.05, 0.1) is 0 Å². The van der Waals surface area contributed by atoms with Gasteiger partial charge in [-0.05, 0) is 0 Å². The minimum Gasteiger partial charge on any atom is -0.506 e. The summed E-state index contributed by atoms with van der Waals surface area (Å²) in [5, 5.41) is 0. The third-order valence-electron chi connectivity index (χ3n) is 0. The van der Waals surface area contributed by atoms with E-state index >= 15 is 0 Å². The first-order valence-electron chi connectivity index (χ1n) is 0.323. The zero-order chi connectivity index (χ0) is 2.71. The molecule has 0 aliphatic rings. The lowest BCUT2D eigenvalue weighted by Gasteiger charge is -1.46. The molecule has 0 rings (SSSR count). The first-order valence-corrected chi connectivity index (χ1v) is 0.970. The molecule has 0 saturated heterocycles. The lowest BCUT2D eigenvalue weighted by atomic mass is 15.9. The van der Waals surface area contributed by atoms with Gasteiger partial charge in [0.2, 0.25) is 0 Å². The summed E-state index contributed by atoms with van der Waals surface area (Å²) in [5.74, 6) is 0. The Hall–Kier alpha value is 0.736. The summed E-state index contributed by atoms with van der Waals surface area (Å²) in [6, 6.07) is 0. The van der Waals surface area contributed by atoms with Crippen LogP contribution in [-0.4, -0.2) is 60.6 Å². The van der Waals surface area contributed by atoms with Crippen molar-refractivity contribution in [3.8, 4) is 0 Å². The van der Waals surface area contributed by atoms with Crippen molar-refractivity contribution in [1.82, 2.24) is 0 Å². The SMILES string of the molecule is O.O.O.O.O.O.[MgH2].[O-][Cl+]O. The van der Waals surface area contributed by atoms with Gasteiger partial charge < -0.3 is 37.5 Å². The molecule has 0 heterocycles. The van der Waals surface area contributed by atoms with Crippen molar-refractivity contribution in [2.75, 3.05) is 0 Å². The molecule has 8 nitrogen and oxygen atoms in total. The van der Waals surface area contributed by atoms with E-state index in [2.05, 4.69) is 0 Å². The molecule has 13 N–H and O–H groups in total. The van der Waals surface area contributed by atoms with Crippen LogP contribution in [0.25, 0.3) is 0 Å². The van der Waals surface area contributed by atoms with Crippen LogP contribution in [0.5, 0.6) is 0 Å². The fourth-order valence-electron chi connectivity index (χ4n) is 0. The van der Waals surface area contributed by atoms with E-state index in [0.717, 1.165) is 0 Å². The summed E-state index contributed by atoms with van der Waals surface area (Å²) in [5.41, 5.74) is 0. The average molecular weight is 203 g/mol. The maximum atomic E-state index is 8.35. The van der Waals surface area contributed by atoms with Gasteiger partial charge in [-0.25, -0.2) is 0 Å². The highest BCUT2D eigenvalue weighted by atomic mass is 35.6. The summed E-state index contributed by atoms with van der Waals surface area (Å²) in [4.78, 5) is 0. The van der Waals surface area contributed by atoms with Crippen LogP contribution in [0.15, 0.2) is 0 Å². The van der Waals surface area contributed by atoms with Gasteiger partial charge in [-0.2, -0.15) is 0 Å². The van der Waals surface area contributed by atoms with Crippen molar-refractivity contribution in [1.29, 1.82) is 0 Å². The van der Waals surface area contributed by atoms with Crippen LogP contribution in [0, 0.1) is 11.3 Å². The van der Waals surface area contributed by atoms with E-state index in [9.17, 15) is 0 Å². The summed E-state index contributed by atoms with van der Waals surface area (Å²) >= 11 is -0.167. The van der Waals surface area contributed by atoms with Crippen LogP contribution in [0.1, 0.15) is 0 Å². The smallest absolute Gasteiger partial charge is 0.327 e. The molecule has 0 spiro atoms. The molecule has 0 aromatic rings. The first kappa shape index (κ1) is 136. The van der Waals surface area contributed by atoms with E-state index in [-0.39, 0.29) is 67.2 Å². The van der Waals surface area contributed by atoms with E-state index in [1.54, 1.807) is 0 Å². The molecule has 10 heavy (non-hydrogen) atoms. The molecule has 0 saturated carbocycles. The third kappa shape index (κ3) is 965. The van der Waals surface area contributed by atoms with Crippen molar-refractivity contribution in [3.63, 3.8) is 0 Å². The monoisotopic (exact) mass is 202 g/mol. The maximum absolute atomic E-state index is 8.35. The highest BCUT2D eigenvalue weighted by Crippen LogP contribution is 1.13. The second kappa shape index (κ2) is 247. The van der Waals surface area contributed by atoms with E-state index in [0.29, 0.717) is 0 Å². The van der Waals surface area contributed by atoms with Gasteiger partial charge >= 0.3 is 34.4 Å². The minimum atomic E-state index is -0.167. The van der Waals surface area contributed by atoms with Crippen molar-refractivity contribution in [3.05, 3.63) is 0 Å². The van der Waals surface area contributed by atoms with Crippen molar-refractivity contribution in [2.24, 2.45) is 0 Å². The average Bonchev–Trinajstić information content (AvgIpc) is 0.918. The van der Waals surface area contributed by atoms with Crippen molar-refractivity contribution in [2.45, 2.75) is 0 Å². The van der Waals surface area contributed by atoms with Crippen molar-refractivity contribution >= 4 is 23.1 Å². The largest absolute Gasteiger partial charge is 0.506 e. The van der Waals surface area contributed by atoms with Crippen molar-refractivity contribution < 1.29 is 53.5 Å². The second-order valence-electron chi connectivity index (χ2n) is 0.0690. The Morgan fingerprint density at radius 3 is 0.800 bits per heavy atom. The zero-order valence-corrected chi connectivity index (χ0v) is 4.99. The number of rotatable bonds is 0. The van der Waals surface area contributed by atoms with Crippen LogP contribution in [0.3, 0.4) is 0 Å². The molecule has 0 aliphatic carbocycles. The molecule has 0 radical (unpaired) electrons. The summed E-state index contributed by atoms with van der Waals surface area (Å²) in [6.45, 7) is 0. The second-order valence-corrected chi connectivity index (χ2v) is 0.207. The van der Waals surface area contributed by atoms with E-state index in [4.69, 9.17) is 9.32 Å². The molecule has 72 valence electrons. The Morgan fingerprint density at radius 2 is 0.800 bits per heavy atom. The molecule has 0 aromatic heterocycles. The van der Waals surface area contributed by atoms with E-state index in [1.165, 1.54) is 0 Å². The topological polar surface area (TPSA) is 232 Å². The third-order valence-corrected chi connectivity index (χ3v) is 0. The van der Waals surface area contributed by atoms with Gasteiger partial charge in [0.15, 0.2) is 0 Å². The van der Waals surface area contributed by atoms with E-state index in [1.807, 2.05) is 0 Å². The Labute approximate surface area is 76.9 Å². The summed E-state index contributed by atoms with van der Waals surface area (Å²) in [7, 11) is 0. The lowest BCUT2D eigenvalue weighted by molar-refractivity contribution is -1.27. The molecule has 0 atom stereocenters. The lowest BCUT2D eigenvalue weighted by Crippen LogP contribution is -1.94. The molecule has 0 bridgehead atoms.